The summed E-state index contributed by atoms with van der Waals surface area (Å²) in [5.74, 6) is 0. The average Bonchev–Trinajstić information content (AvgIpc) is 2.96. The molecule has 0 aliphatic carbocycles. The number of benzene rings is 1. The summed E-state index contributed by atoms with van der Waals surface area (Å²) in [6.45, 7) is 5.22. The molecule has 2 aromatic rings. The first-order valence-electron chi connectivity index (χ1n) is 7.02. The summed E-state index contributed by atoms with van der Waals surface area (Å²) in [6.07, 6.45) is 1.99. The summed E-state index contributed by atoms with van der Waals surface area (Å²) in [5, 5.41) is 17.2. The van der Waals surface area contributed by atoms with Crippen LogP contribution in [0.3, 0.4) is 0 Å². The Morgan fingerprint density at radius 2 is 2.29 bits per heavy atom. The van der Waals surface area contributed by atoms with Crippen molar-refractivity contribution in [1.82, 2.24) is 10.3 Å². The van der Waals surface area contributed by atoms with E-state index in [1.165, 1.54) is 6.07 Å². The molecule has 0 bridgehead atoms. The van der Waals surface area contributed by atoms with E-state index in [-0.39, 0.29) is 10.6 Å². The standard InChI is InChI=1S/C15H19N3O2S/c1-3-11(2)16-8-7-15-17-14(10-21-15)12-5-4-6-13(9-12)18(19)20/h4-6,9-11,16H,3,7-8H2,1-2H3. The Kier molecular flexibility index (Phi) is 5.41. The quantitative estimate of drug-likeness (QED) is 0.626. The van der Waals surface area contributed by atoms with Crippen LogP contribution >= 0.6 is 11.3 Å². The molecule has 0 fully saturated rings. The molecule has 1 unspecified atom stereocenters. The van der Waals surface area contributed by atoms with Crippen LogP contribution in [-0.2, 0) is 6.42 Å². The largest absolute Gasteiger partial charge is 0.314 e. The molecule has 0 aliphatic heterocycles. The summed E-state index contributed by atoms with van der Waals surface area (Å²) >= 11 is 1.60. The number of aromatic nitrogens is 1. The van der Waals surface area contributed by atoms with E-state index < -0.39 is 0 Å². The summed E-state index contributed by atoms with van der Waals surface area (Å²) in [5.41, 5.74) is 1.70. The van der Waals surface area contributed by atoms with Gasteiger partial charge in [0.15, 0.2) is 0 Å². The molecule has 0 saturated heterocycles. The van der Waals surface area contributed by atoms with Gasteiger partial charge < -0.3 is 5.32 Å². The molecule has 1 aromatic carbocycles. The van der Waals surface area contributed by atoms with E-state index in [1.54, 1.807) is 23.5 Å². The number of hydrogen-bond acceptors (Lipinski definition) is 5. The molecule has 0 aliphatic rings. The minimum absolute atomic E-state index is 0.0977. The Morgan fingerprint density at radius 1 is 1.48 bits per heavy atom. The van der Waals surface area contributed by atoms with Crippen LogP contribution in [0.15, 0.2) is 29.6 Å². The van der Waals surface area contributed by atoms with Crippen molar-refractivity contribution in [2.75, 3.05) is 6.54 Å². The van der Waals surface area contributed by atoms with Gasteiger partial charge in [-0.1, -0.05) is 19.1 Å². The smallest absolute Gasteiger partial charge is 0.270 e. The number of nitrogens with one attached hydrogen (secondary N) is 1. The van der Waals surface area contributed by atoms with Crippen LogP contribution in [0.1, 0.15) is 25.3 Å². The van der Waals surface area contributed by atoms with Crippen molar-refractivity contribution in [2.45, 2.75) is 32.7 Å². The number of nitrogens with zero attached hydrogens (tertiary/aromatic N) is 2. The molecule has 1 heterocycles. The first-order valence-corrected chi connectivity index (χ1v) is 7.90. The average molecular weight is 305 g/mol. The van der Waals surface area contributed by atoms with Gasteiger partial charge in [0.2, 0.25) is 0 Å². The van der Waals surface area contributed by atoms with Crippen molar-refractivity contribution in [1.29, 1.82) is 0 Å². The molecule has 0 amide bonds. The predicted octanol–water partition coefficient (Wildman–Crippen LogP) is 3.65. The molecule has 1 atom stereocenters. The molecule has 2 rings (SSSR count). The fourth-order valence-electron chi connectivity index (χ4n) is 1.91. The first-order chi connectivity index (χ1) is 10.1. The molecule has 112 valence electrons. The van der Waals surface area contributed by atoms with Crippen LogP contribution in [-0.4, -0.2) is 22.5 Å². The van der Waals surface area contributed by atoms with Gasteiger partial charge >= 0.3 is 0 Å². The fourth-order valence-corrected chi connectivity index (χ4v) is 2.71. The van der Waals surface area contributed by atoms with Gasteiger partial charge in [0.1, 0.15) is 0 Å². The number of non-ortho nitro benzene ring substituents is 1. The maximum Gasteiger partial charge on any atom is 0.270 e. The maximum atomic E-state index is 10.8. The predicted molar refractivity (Wildman–Crippen MR) is 85.7 cm³/mol. The highest BCUT2D eigenvalue weighted by Gasteiger charge is 2.10. The summed E-state index contributed by atoms with van der Waals surface area (Å²) in [6, 6.07) is 7.12. The van der Waals surface area contributed by atoms with Crippen molar-refractivity contribution in [2.24, 2.45) is 0 Å². The zero-order valence-electron chi connectivity index (χ0n) is 12.2. The van der Waals surface area contributed by atoms with Gasteiger partial charge in [-0.2, -0.15) is 0 Å². The topological polar surface area (TPSA) is 68.1 Å². The SMILES string of the molecule is CCC(C)NCCc1nc(-c2cccc([N+](=O)[O-])c2)cs1. The zero-order valence-corrected chi connectivity index (χ0v) is 13.0. The van der Waals surface area contributed by atoms with E-state index in [0.717, 1.165) is 35.7 Å². The van der Waals surface area contributed by atoms with Gasteiger partial charge in [-0.25, -0.2) is 4.98 Å². The number of nitro groups is 1. The normalized spacial score (nSPS) is 12.3. The second-order valence-electron chi connectivity index (χ2n) is 4.95. The van der Waals surface area contributed by atoms with Crippen LogP contribution in [0.25, 0.3) is 11.3 Å². The monoisotopic (exact) mass is 305 g/mol. The van der Waals surface area contributed by atoms with Crippen LogP contribution in [0.4, 0.5) is 5.69 Å². The Balaban J connectivity index is 2.02. The van der Waals surface area contributed by atoms with E-state index in [4.69, 9.17) is 0 Å². The Morgan fingerprint density at radius 3 is 3.00 bits per heavy atom. The van der Waals surface area contributed by atoms with E-state index >= 15 is 0 Å². The third-order valence-corrected chi connectivity index (χ3v) is 4.26. The first kappa shape index (κ1) is 15.6. The molecule has 5 nitrogen and oxygen atoms in total. The highest BCUT2D eigenvalue weighted by molar-refractivity contribution is 7.09. The molecule has 0 saturated carbocycles. The van der Waals surface area contributed by atoms with E-state index in [0.29, 0.717) is 6.04 Å². The number of nitro benzene ring substituents is 1. The number of hydrogen-bond donors (Lipinski definition) is 1. The van der Waals surface area contributed by atoms with Crippen LogP contribution < -0.4 is 5.32 Å². The van der Waals surface area contributed by atoms with Gasteiger partial charge in [0, 0.05) is 42.1 Å². The lowest BCUT2D eigenvalue weighted by molar-refractivity contribution is -0.384. The molecule has 1 aromatic heterocycles. The Hall–Kier alpha value is -1.79. The van der Waals surface area contributed by atoms with Crippen molar-refractivity contribution >= 4 is 17.0 Å². The van der Waals surface area contributed by atoms with E-state index in [1.807, 2.05) is 11.4 Å². The summed E-state index contributed by atoms with van der Waals surface area (Å²) < 4.78 is 0. The molecule has 0 spiro atoms. The van der Waals surface area contributed by atoms with Gasteiger partial charge in [-0.05, 0) is 13.3 Å². The number of thiazole rings is 1. The second kappa shape index (κ2) is 7.28. The molecular formula is C15H19N3O2S. The fraction of sp³-hybridized carbons (Fsp3) is 0.400. The van der Waals surface area contributed by atoms with Gasteiger partial charge in [0.25, 0.3) is 5.69 Å². The van der Waals surface area contributed by atoms with E-state index in [9.17, 15) is 10.1 Å². The second-order valence-corrected chi connectivity index (χ2v) is 5.89. The van der Waals surface area contributed by atoms with Crippen LogP contribution in [0.5, 0.6) is 0 Å². The maximum absolute atomic E-state index is 10.8. The van der Waals surface area contributed by atoms with Crippen molar-refractivity contribution in [3.63, 3.8) is 0 Å². The minimum atomic E-state index is -0.382. The van der Waals surface area contributed by atoms with Crippen molar-refractivity contribution in [3.8, 4) is 11.3 Å². The van der Waals surface area contributed by atoms with Crippen LogP contribution in [0, 0.1) is 10.1 Å². The van der Waals surface area contributed by atoms with Crippen LogP contribution in [0.2, 0.25) is 0 Å². The lowest BCUT2D eigenvalue weighted by Crippen LogP contribution is -2.27. The van der Waals surface area contributed by atoms with Gasteiger partial charge in [-0.15, -0.1) is 11.3 Å². The lowest BCUT2D eigenvalue weighted by Gasteiger charge is -2.09. The Labute approximate surface area is 128 Å². The minimum Gasteiger partial charge on any atom is -0.314 e. The molecule has 0 radical (unpaired) electrons. The van der Waals surface area contributed by atoms with Crippen molar-refractivity contribution < 1.29 is 4.92 Å². The van der Waals surface area contributed by atoms with Gasteiger partial charge in [0.05, 0.1) is 15.6 Å². The lowest BCUT2D eigenvalue weighted by atomic mass is 10.1. The molecular weight excluding hydrogens is 286 g/mol. The summed E-state index contributed by atoms with van der Waals surface area (Å²) in [4.78, 5) is 15.0. The Bertz CT molecular complexity index is 612. The number of rotatable bonds is 7. The van der Waals surface area contributed by atoms with E-state index in [2.05, 4.69) is 24.1 Å². The molecule has 21 heavy (non-hydrogen) atoms. The third kappa shape index (κ3) is 4.34. The molecule has 6 heteroatoms. The highest BCUT2D eigenvalue weighted by Crippen LogP contribution is 2.25. The zero-order chi connectivity index (χ0) is 15.2. The van der Waals surface area contributed by atoms with Crippen molar-refractivity contribution in [3.05, 3.63) is 44.8 Å². The third-order valence-electron chi connectivity index (χ3n) is 3.35. The highest BCUT2D eigenvalue weighted by atomic mass is 32.1. The molecule has 1 N–H and O–H groups in total. The summed E-state index contributed by atoms with van der Waals surface area (Å²) in [7, 11) is 0. The van der Waals surface area contributed by atoms with Gasteiger partial charge in [-0.3, -0.25) is 10.1 Å².